The van der Waals surface area contributed by atoms with Gasteiger partial charge >= 0.3 is 0 Å². The number of ether oxygens (including phenoxy) is 1. The van der Waals surface area contributed by atoms with Gasteiger partial charge in [-0.05, 0) is 61.6 Å². The van der Waals surface area contributed by atoms with Crippen LogP contribution in [-0.4, -0.2) is 24.1 Å². The number of hydrazone groups is 1. The maximum Gasteiger partial charge on any atom is 0.277 e. The molecule has 0 saturated heterocycles. The molecule has 0 aliphatic heterocycles. The van der Waals surface area contributed by atoms with Crippen LogP contribution < -0.4 is 15.5 Å². The fourth-order valence-corrected chi connectivity index (χ4v) is 2.94. The number of aryl methyl sites for hydroxylation is 2. The molecule has 0 aliphatic carbocycles. The molecule has 2 rings (SSSR count). The number of rotatable bonds is 8. The van der Waals surface area contributed by atoms with Crippen LogP contribution >= 0.6 is 0 Å². The number of benzene rings is 2. The number of hydrogen-bond acceptors (Lipinski definition) is 4. The number of amides is 2. The van der Waals surface area contributed by atoms with E-state index in [1.54, 1.807) is 6.92 Å². The molecule has 2 N–H and O–H groups in total. The summed E-state index contributed by atoms with van der Waals surface area (Å²) < 4.78 is 5.50. The first-order chi connectivity index (χ1) is 13.7. The van der Waals surface area contributed by atoms with Crippen molar-refractivity contribution < 1.29 is 14.3 Å². The number of anilines is 1. The smallest absolute Gasteiger partial charge is 0.277 e. The molecular weight excluding hydrogens is 366 g/mol. The van der Waals surface area contributed by atoms with Gasteiger partial charge in [-0.2, -0.15) is 5.10 Å². The third kappa shape index (κ3) is 7.41. The summed E-state index contributed by atoms with van der Waals surface area (Å²) >= 11 is 0. The largest absolute Gasteiger partial charge is 0.484 e. The van der Waals surface area contributed by atoms with Gasteiger partial charge in [0.2, 0.25) is 5.91 Å². The third-order valence-electron chi connectivity index (χ3n) is 4.21. The summed E-state index contributed by atoms with van der Waals surface area (Å²) in [7, 11) is 0. The number of nitrogens with zero attached hydrogens (tertiary/aromatic N) is 1. The van der Waals surface area contributed by atoms with Gasteiger partial charge in [0.1, 0.15) is 5.75 Å². The first-order valence-corrected chi connectivity index (χ1v) is 9.66. The second kappa shape index (κ2) is 10.4. The molecule has 0 aliphatic rings. The quantitative estimate of drug-likeness (QED) is 0.516. The minimum Gasteiger partial charge on any atom is -0.484 e. The summed E-state index contributed by atoms with van der Waals surface area (Å²) in [6.45, 7) is 9.64. The van der Waals surface area contributed by atoms with Crippen molar-refractivity contribution in [1.29, 1.82) is 0 Å². The van der Waals surface area contributed by atoms with Gasteiger partial charge in [0.15, 0.2) is 6.61 Å². The van der Waals surface area contributed by atoms with E-state index in [9.17, 15) is 9.59 Å². The van der Waals surface area contributed by atoms with Crippen molar-refractivity contribution in [1.82, 2.24) is 5.43 Å². The van der Waals surface area contributed by atoms with E-state index in [2.05, 4.69) is 29.7 Å². The molecule has 2 amide bonds. The molecule has 0 radical (unpaired) electrons. The minimum atomic E-state index is -0.380. The van der Waals surface area contributed by atoms with Crippen LogP contribution in [0, 0.1) is 13.8 Å². The molecule has 0 unspecified atom stereocenters. The second-order valence-corrected chi connectivity index (χ2v) is 7.46. The van der Waals surface area contributed by atoms with Crippen LogP contribution in [0.25, 0.3) is 0 Å². The highest BCUT2D eigenvalue weighted by Crippen LogP contribution is 2.23. The maximum atomic E-state index is 12.3. The van der Waals surface area contributed by atoms with E-state index in [1.165, 1.54) is 0 Å². The van der Waals surface area contributed by atoms with E-state index in [1.807, 2.05) is 56.3 Å². The summed E-state index contributed by atoms with van der Waals surface area (Å²) in [5.74, 6) is 0.383. The Labute approximate surface area is 172 Å². The SMILES string of the molecule is C/C(CC(=O)Nc1ccccc1C(C)C)=N/NC(=O)COc1cc(C)cc(C)c1. The van der Waals surface area contributed by atoms with Crippen LogP contribution in [0.3, 0.4) is 0 Å². The van der Waals surface area contributed by atoms with Gasteiger partial charge in [0, 0.05) is 11.4 Å². The summed E-state index contributed by atoms with van der Waals surface area (Å²) in [4.78, 5) is 24.2. The van der Waals surface area contributed by atoms with E-state index in [0.717, 1.165) is 22.4 Å². The van der Waals surface area contributed by atoms with Crippen molar-refractivity contribution in [2.45, 2.75) is 47.0 Å². The van der Waals surface area contributed by atoms with Crippen LogP contribution in [0.15, 0.2) is 47.6 Å². The number of carbonyl (C=O) groups excluding carboxylic acids is 2. The van der Waals surface area contributed by atoms with Crippen LogP contribution in [-0.2, 0) is 9.59 Å². The summed E-state index contributed by atoms with van der Waals surface area (Å²) in [5.41, 5.74) is 6.94. The topological polar surface area (TPSA) is 79.8 Å². The fourth-order valence-electron chi connectivity index (χ4n) is 2.94. The first-order valence-electron chi connectivity index (χ1n) is 9.66. The van der Waals surface area contributed by atoms with Crippen molar-refractivity contribution in [2.24, 2.45) is 5.10 Å². The number of hydrogen-bond donors (Lipinski definition) is 2. The summed E-state index contributed by atoms with van der Waals surface area (Å²) in [6, 6.07) is 13.5. The average molecular weight is 396 g/mol. The summed E-state index contributed by atoms with van der Waals surface area (Å²) in [5, 5.41) is 6.90. The monoisotopic (exact) mass is 395 g/mol. The summed E-state index contributed by atoms with van der Waals surface area (Å²) in [6.07, 6.45) is 0.0879. The van der Waals surface area contributed by atoms with E-state index in [-0.39, 0.29) is 24.8 Å². The Balaban J connectivity index is 1.83. The molecular formula is C23H29N3O3. The van der Waals surface area contributed by atoms with Crippen molar-refractivity contribution >= 4 is 23.2 Å². The Kier molecular flexibility index (Phi) is 7.95. The van der Waals surface area contributed by atoms with Gasteiger partial charge in [0.25, 0.3) is 5.91 Å². The predicted octanol–water partition coefficient (Wildman–Crippen LogP) is 4.33. The lowest BCUT2D eigenvalue weighted by atomic mass is 10.0. The Morgan fingerprint density at radius 1 is 1.03 bits per heavy atom. The van der Waals surface area contributed by atoms with Crippen molar-refractivity contribution in [3.8, 4) is 5.75 Å². The van der Waals surface area contributed by atoms with Gasteiger partial charge < -0.3 is 10.1 Å². The Morgan fingerprint density at radius 3 is 2.34 bits per heavy atom. The van der Waals surface area contributed by atoms with Crippen molar-refractivity contribution in [3.05, 3.63) is 59.2 Å². The molecule has 0 fully saturated rings. The molecule has 6 nitrogen and oxygen atoms in total. The normalized spacial score (nSPS) is 11.3. The van der Waals surface area contributed by atoms with Gasteiger partial charge in [-0.25, -0.2) is 5.43 Å². The van der Waals surface area contributed by atoms with Crippen molar-refractivity contribution in [3.63, 3.8) is 0 Å². The van der Waals surface area contributed by atoms with Crippen molar-refractivity contribution in [2.75, 3.05) is 11.9 Å². The molecule has 6 heteroatoms. The predicted molar refractivity (Wildman–Crippen MR) is 116 cm³/mol. The van der Waals surface area contributed by atoms with Gasteiger partial charge in [-0.3, -0.25) is 9.59 Å². The standard InChI is InChI=1S/C23H29N3O3/c1-15(2)20-8-6-7-9-21(20)24-22(27)13-18(5)25-26-23(28)14-29-19-11-16(3)10-17(4)12-19/h6-12,15H,13-14H2,1-5H3,(H,24,27)(H,26,28)/b25-18-. The molecule has 0 spiro atoms. The van der Waals surface area contributed by atoms with Gasteiger partial charge in [-0.1, -0.05) is 38.1 Å². The Hall–Kier alpha value is -3.15. The molecule has 154 valence electrons. The first kappa shape index (κ1) is 22.1. The van der Waals surface area contributed by atoms with Crippen LogP contribution in [0.4, 0.5) is 5.69 Å². The minimum absolute atomic E-state index is 0.0879. The lowest BCUT2D eigenvalue weighted by Gasteiger charge is -2.13. The zero-order valence-electron chi connectivity index (χ0n) is 17.7. The van der Waals surface area contributed by atoms with Crippen LogP contribution in [0.2, 0.25) is 0 Å². The zero-order valence-corrected chi connectivity index (χ0v) is 17.7. The average Bonchev–Trinajstić information content (AvgIpc) is 2.64. The third-order valence-corrected chi connectivity index (χ3v) is 4.21. The zero-order chi connectivity index (χ0) is 21.4. The molecule has 0 heterocycles. The van der Waals surface area contributed by atoms with Crippen LogP contribution in [0.5, 0.6) is 5.75 Å². The van der Waals surface area contributed by atoms with E-state index in [0.29, 0.717) is 17.4 Å². The highest BCUT2D eigenvalue weighted by molar-refractivity contribution is 6.06. The molecule has 0 atom stereocenters. The number of para-hydroxylation sites is 1. The molecule has 2 aromatic carbocycles. The molecule has 2 aromatic rings. The van der Waals surface area contributed by atoms with Gasteiger partial charge in [-0.15, -0.1) is 0 Å². The Bertz CT molecular complexity index is 884. The van der Waals surface area contributed by atoms with E-state index >= 15 is 0 Å². The van der Waals surface area contributed by atoms with Crippen LogP contribution in [0.1, 0.15) is 49.8 Å². The fraction of sp³-hybridized carbons (Fsp3) is 0.348. The maximum absolute atomic E-state index is 12.3. The second-order valence-electron chi connectivity index (χ2n) is 7.46. The lowest BCUT2D eigenvalue weighted by molar-refractivity contribution is -0.123. The highest BCUT2D eigenvalue weighted by Gasteiger charge is 2.10. The van der Waals surface area contributed by atoms with E-state index in [4.69, 9.17) is 4.74 Å². The number of nitrogens with one attached hydrogen (secondary N) is 2. The molecule has 29 heavy (non-hydrogen) atoms. The number of carbonyl (C=O) groups is 2. The molecule has 0 saturated carbocycles. The van der Waals surface area contributed by atoms with E-state index < -0.39 is 0 Å². The highest BCUT2D eigenvalue weighted by atomic mass is 16.5. The molecule has 0 bridgehead atoms. The Morgan fingerprint density at radius 2 is 1.69 bits per heavy atom. The lowest BCUT2D eigenvalue weighted by Crippen LogP contribution is -2.26. The van der Waals surface area contributed by atoms with Gasteiger partial charge in [0.05, 0.1) is 6.42 Å². The molecule has 0 aromatic heterocycles.